The first-order chi connectivity index (χ1) is 5.27. The first kappa shape index (κ1) is 6.15. The van der Waals surface area contributed by atoms with Crippen LogP contribution in [-0.2, 0) is 7.05 Å². The van der Waals surface area contributed by atoms with Gasteiger partial charge in [0.2, 0.25) is 5.56 Å². The Balaban J connectivity index is 2.98. The van der Waals surface area contributed by atoms with E-state index in [-0.39, 0.29) is 5.56 Å². The molecule has 2 aromatic rings. The van der Waals surface area contributed by atoms with Gasteiger partial charge in [0.1, 0.15) is 11.2 Å². The van der Waals surface area contributed by atoms with Gasteiger partial charge in [-0.25, -0.2) is 4.98 Å². The van der Waals surface area contributed by atoms with Crippen LogP contribution in [0.2, 0.25) is 0 Å². The van der Waals surface area contributed by atoms with Crippen molar-refractivity contribution in [2.75, 3.05) is 0 Å². The van der Waals surface area contributed by atoms with E-state index in [0.717, 1.165) is 11.2 Å². The largest absolute Gasteiger partial charge is 0.320 e. The summed E-state index contributed by atoms with van der Waals surface area (Å²) in [6.45, 7) is 0. The number of rotatable bonds is 0. The Hall–Kier alpha value is -1.58. The van der Waals surface area contributed by atoms with Gasteiger partial charge < -0.3 is 9.55 Å². The van der Waals surface area contributed by atoms with Crippen LogP contribution >= 0.6 is 0 Å². The van der Waals surface area contributed by atoms with E-state index < -0.39 is 0 Å². The molecule has 0 aliphatic heterocycles. The first-order valence-electron chi connectivity index (χ1n) is 3.28. The van der Waals surface area contributed by atoms with E-state index in [9.17, 15) is 4.79 Å². The van der Waals surface area contributed by atoms with E-state index in [1.165, 1.54) is 6.07 Å². The molecule has 0 amide bonds. The van der Waals surface area contributed by atoms with E-state index in [0.29, 0.717) is 0 Å². The van der Waals surface area contributed by atoms with Crippen molar-refractivity contribution in [2.24, 2.45) is 7.05 Å². The van der Waals surface area contributed by atoms with Crippen molar-refractivity contribution < 1.29 is 0 Å². The van der Waals surface area contributed by atoms with Crippen LogP contribution in [0.4, 0.5) is 0 Å². The maximum atomic E-state index is 10.8. The lowest BCUT2D eigenvalue weighted by molar-refractivity contribution is 0.927. The molecule has 56 valence electrons. The third-order valence-corrected chi connectivity index (χ3v) is 1.60. The fourth-order valence-electron chi connectivity index (χ4n) is 1.04. The average molecular weight is 149 g/mol. The van der Waals surface area contributed by atoms with Gasteiger partial charge in [-0.3, -0.25) is 4.79 Å². The zero-order valence-corrected chi connectivity index (χ0v) is 6.03. The SMILES string of the molecule is Cn1cnc2ccc(=O)[nH]c21. The Morgan fingerprint density at radius 2 is 2.36 bits per heavy atom. The van der Waals surface area contributed by atoms with Crippen molar-refractivity contribution in [1.29, 1.82) is 0 Å². The molecule has 0 bridgehead atoms. The number of pyridine rings is 1. The highest BCUT2D eigenvalue weighted by molar-refractivity contribution is 5.69. The zero-order valence-electron chi connectivity index (χ0n) is 6.03. The molecule has 4 heteroatoms. The highest BCUT2D eigenvalue weighted by Crippen LogP contribution is 2.03. The second-order valence-corrected chi connectivity index (χ2v) is 2.41. The monoisotopic (exact) mass is 149 g/mol. The molecule has 4 nitrogen and oxygen atoms in total. The molecule has 0 saturated heterocycles. The van der Waals surface area contributed by atoms with Crippen molar-refractivity contribution in [1.82, 2.24) is 14.5 Å². The Kier molecular flexibility index (Phi) is 1.09. The Morgan fingerprint density at radius 1 is 1.55 bits per heavy atom. The number of hydrogen-bond acceptors (Lipinski definition) is 2. The fraction of sp³-hybridized carbons (Fsp3) is 0.143. The number of aromatic amines is 1. The third kappa shape index (κ3) is 0.832. The summed E-state index contributed by atoms with van der Waals surface area (Å²) in [4.78, 5) is 17.6. The molecular formula is C7H7N3O. The summed E-state index contributed by atoms with van der Waals surface area (Å²) in [5.74, 6) is 0. The maximum absolute atomic E-state index is 10.8. The number of nitrogens with zero attached hydrogens (tertiary/aromatic N) is 2. The number of hydrogen-bond donors (Lipinski definition) is 1. The van der Waals surface area contributed by atoms with Crippen LogP contribution in [0.5, 0.6) is 0 Å². The zero-order chi connectivity index (χ0) is 7.84. The smallest absolute Gasteiger partial charge is 0.249 e. The number of aryl methyl sites for hydroxylation is 1. The van der Waals surface area contributed by atoms with Crippen molar-refractivity contribution in [2.45, 2.75) is 0 Å². The van der Waals surface area contributed by atoms with Crippen LogP contribution in [0.15, 0.2) is 23.3 Å². The predicted molar refractivity (Wildman–Crippen MR) is 41.3 cm³/mol. The molecule has 0 aliphatic carbocycles. The molecule has 11 heavy (non-hydrogen) atoms. The van der Waals surface area contributed by atoms with E-state index in [1.807, 2.05) is 7.05 Å². The molecule has 0 unspecified atom stereocenters. The van der Waals surface area contributed by atoms with Crippen LogP contribution in [-0.4, -0.2) is 14.5 Å². The minimum Gasteiger partial charge on any atom is -0.320 e. The van der Waals surface area contributed by atoms with Gasteiger partial charge in [0.25, 0.3) is 0 Å². The van der Waals surface area contributed by atoms with E-state index >= 15 is 0 Å². The topological polar surface area (TPSA) is 50.7 Å². The van der Waals surface area contributed by atoms with Crippen molar-refractivity contribution in [3.05, 3.63) is 28.8 Å². The molecule has 0 fully saturated rings. The number of nitrogens with one attached hydrogen (secondary N) is 1. The summed E-state index contributed by atoms with van der Waals surface area (Å²) in [7, 11) is 1.84. The summed E-state index contributed by atoms with van der Waals surface area (Å²) in [6.07, 6.45) is 1.67. The molecule has 0 atom stereocenters. The quantitative estimate of drug-likeness (QED) is 0.584. The van der Waals surface area contributed by atoms with E-state index in [4.69, 9.17) is 0 Å². The maximum Gasteiger partial charge on any atom is 0.249 e. The normalized spacial score (nSPS) is 10.6. The van der Waals surface area contributed by atoms with Crippen molar-refractivity contribution >= 4 is 11.2 Å². The average Bonchev–Trinajstić information content (AvgIpc) is 2.33. The van der Waals surface area contributed by atoms with Gasteiger partial charge in [-0.15, -0.1) is 0 Å². The van der Waals surface area contributed by atoms with Crippen molar-refractivity contribution in [3.8, 4) is 0 Å². The predicted octanol–water partition coefficient (Wildman–Crippen LogP) is 0.262. The first-order valence-corrected chi connectivity index (χ1v) is 3.28. The molecule has 0 aromatic carbocycles. The molecule has 0 spiro atoms. The summed E-state index contributed by atoms with van der Waals surface area (Å²) in [5.41, 5.74) is 1.48. The fourth-order valence-corrected chi connectivity index (χ4v) is 1.04. The number of aromatic nitrogens is 3. The molecule has 0 saturated carbocycles. The van der Waals surface area contributed by atoms with Gasteiger partial charge in [0, 0.05) is 13.1 Å². The van der Waals surface area contributed by atoms with Gasteiger partial charge in [0.15, 0.2) is 0 Å². The molecule has 1 N–H and O–H groups in total. The lowest BCUT2D eigenvalue weighted by Gasteiger charge is -1.90. The van der Waals surface area contributed by atoms with Gasteiger partial charge in [-0.1, -0.05) is 0 Å². The lowest BCUT2D eigenvalue weighted by Crippen LogP contribution is -2.03. The summed E-state index contributed by atoms with van der Waals surface area (Å²) >= 11 is 0. The minimum absolute atomic E-state index is 0.0962. The van der Waals surface area contributed by atoms with Crippen LogP contribution < -0.4 is 5.56 Å². The second-order valence-electron chi connectivity index (χ2n) is 2.41. The minimum atomic E-state index is -0.0962. The van der Waals surface area contributed by atoms with Crippen LogP contribution in [0, 0.1) is 0 Å². The summed E-state index contributed by atoms with van der Waals surface area (Å²) in [6, 6.07) is 3.17. The van der Waals surface area contributed by atoms with Gasteiger partial charge in [-0.2, -0.15) is 0 Å². The standard InChI is InChI=1S/C7H7N3O/c1-10-4-8-5-2-3-6(11)9-7(5)10/h2-4H,1H3,(H,9,11). The van der Waals surface area contributed by atoms with Gasteiger partial charge in [-0.05, 0) is 6.07 Å². The molecule has 0 radical (unpaired) electrons. The third-order valence-electron chi connectivity index (χ3n) is 1.60. The molecule has 2 aromatic heterocycles. The Labute approximate surface area is 62.5 Å². The Morgan fingerprint density at radius 3 is 3.18 bits per heavy atom. The highest BCUT2D eigenvalue weighted by Gasteiger charge is 1.97. The molecular weight excluding hydrogens is 142 g/mol. The van der Waals surface area contributed by atoms with E-state index in [1.54, 1.807) is 17.0 Å². The number of fused-ring (bicyclic) bond motifs is 1. The molecule has 2 rings (SSSR count). The van der Waals surface area contributed by atoms with Gasteiger partial charge >= 0.3 is 0 Å². The molecule has 2 heterocycles. The summed E-state index contributed by atoms with van der Waals surface area (Å²) < 4.78 is 1.77. The number of H-pyrrole nitrogens is 1. The van der Waals surface area contributed by atoms with Crippen molar-refractivity contribution in [3.63, 3.8) is 0 Å². The second kappa shape index (κ2) is 1.95. The van der Waals surface area contributed by atoms with Crippen LogP contribution in [0.3, 0.4) is 0 Å². The lowest BCUT2D eigenvalue weighted by atomic mass is 10.4. The summed E-state index contributed by atoms with van der Waals surface area (Å²) in [5, 5.41) is 0. The van der Waals surface area contributed by atoms with Crippen LogP contribution in [0.1, 0.15) is 0 Å². The van der Waals surface area contributed by atoms with E-state index in [2.05, 4.69) is 9.97 Å². The Bertz CT molecular complexity index is 440. The number of imidazole rings is 1. The highest BCUT2D eigenvalue weighted by atomic mass is 16.1. The molecule has 0 aliphatic rings. The van der Waals surface area contributed by atoms with Gasteiger partial charge in [0.05, 0.1) is 6.33 Å². The van der Waals surface area contributed by atoms with Crippen LogP contribution in [0.25, 0.3) is 11.2 Å².